The van der Waals surface area contributed by atoms with E-state index in [1.54, 1.807) is 30.3 Å². The summed E-state index contributed by atoms with van der Waals surface area (Å²) in [5, 5.41) is 5.87. The minimum Gasteiger partial charge on any atom is -0.490 e. The average molecular weight is 529 g/mol. The van der Waals surface area contributed by atoms with Crippen molar-refractivity contribution >= 4 is 28.9 Å². The van der Waals surface area contributed by atoms with Crippen molar-refractivity contribution in [3.8, 4) is 23.0 Å². The number of para-hydroxylation sites is 2. The molecule has 0 saturated heterocycles. The molecule has 0 radical (unpaired) electrons. The topological polar surface area (TPSA) is 78.1 Å². The minimum absolute atomic E-state index is 0.169. The third-order valence-corrected chi connectivity index (χ3v) is 5.35. The molecule has 0 spiro atoms. The fourth-order valence-electron chi connectivity index (χ4n) is 3.40. The fourth-order valence-corrected chi connectivity index (χ4v) is 3.61. The van der Waals surface area contributed by atoms with Crippen molar-refractivity contribution in [1.82, 2.24) is 5.32 Å². The molecule has 38 heavy (non-hydrogen) atoms. The van der Waals surface area contributed by atoms with Crippen LogP contribution >= 0.6 is 12.2 Å². The summed E-state index contributed by atoms with van der Waals surface area (Å²) < 4.78 is 22.7. The second kappa shape index (κ2) is 14.2. The first-order chi connectivity index (χ1) is 18.7. The van der Waals surface area contributed by atoms with Gasteiger partial charge in [0.25, 0.3) is 5.91 Å². The molecule has 0 aliphatic carbocycles. The van der Waals surface area contributed by atoms with Crippen LogP contribution in [0.1, 0.15) is 10.4 Å². The van der Waals surface area contributed by atoms with E-state index in [0.717, 1.165) is 11.5 Å². The molecule has 0 heterocycles. The first-order valence-electron chi connectivity index (χ1n) is 12.1. The fraction of sp³-hybridized carbons (Fsp3) is 0.133. The summed E-state index contributed by atoms with van der Waals surface area (Å²) in [4.78, 5) is 12.7. The molecule has 7 nitrogen and oxygen atoms in total. The van der Waals surface area contributed by atoms with Gasteiger partial charge in [-0.25, -0.2) is 0 Å². The van der Waals surface area contributed by atoms with Crippen molar-refractivity contribution in [2.45, 2.75) is 0 Å². The van der Waals surface area contributed by atoms with Crippen molar-refractivity contribution in [3.63, 3.8) is 0 Å². The molecule has 2 N–H and O–H groups in total. The zero-order valence-electron chi connectivity index (χ0n) is 20.7. The lowest BCUT2D eigenvalue weighted by Crippen LogP contribution is -2.34. The number of hydrogen-bond donors (Lipinski definition) is 2. The van der Waals surface area contributed by atoms with Gasteiger partial charge < -0.3 is 24.3 Å². The Morgan fingerprint density at radius 2 is 1.05 bits per heavy atom. The third-order valence-electron chi connectivity index (χ3n) is 5.14. The Kier molecular flexibility index (Phi) is 9.94. The number of hydrogen-bond acceptors (Lipinski definition) is 6. The number of carbonyl (C=O) groups excluding carboxylic acids is 1. The van der Waals surface area contributed by atoms with Crippen LogP contribution in [0.25, 0.3) is 0 Å². The Balaban J connectivity index is 1.20. The molecule has 194 valence electrons. The standard InChI is InChI=1S/C30H28N2O5S/c33-29(23-9-7-15-27(21-23)36-19-17-34-25-11-3-1-4-12-25)32-30(38)31-24-10-8-16-28(22-24)37-20-18-35-26-13-5-2-6-14-26/h1-16,21-22H,17-20H2,(H2,31,32,33,38). The lowest BCUT2D eigenvalue weighted by atomic mass is 10.2. The maximum Gasteiger partial charge on any atom is 0.257 e. The highest BCUT2D eigenvalue weighted by Gasteiger charge is 2.10. The van der Waals surface area contributed by atoms with E-state index in [1.807, 2.05) is 78.9 Å². The van der Waals surface area contributed by atoms with E-state index in [9.17, 15) is 4.79 Å². The molecule has 4 aromatic rings. The number of rotatable bonds is 12. The Bertz CT molecular complexity index is 1320. The van der Waals surface area contributed by atoms with Crippen LogP contribution < -0.4 is 29.6 Å². The zero-order chi connectivity index (χ0) is 26.4. The average Bonchev–Trinajstić information content (AvgIpc) is 2.95. The molecule has 4 aromatic carbocycles. The van der Waals surface area contributed by atoms with E-state index in [-0.39, 0.29) is 11.0 Å². The summed E-state index contributed by atoms with van der Waals surface area (Å²) in [5.41, 5.74) is 1.11. The molecule has 0 atom stereocenters. The van der Waals surface area contributed by atoms with Gasteiger partial charge in [0.05, 0.1) is 0 Å². The van der Waals surface area contributed by atoms with E-state index >= 15 is 0 Å². The minimum atomic E-state index is -0.348. The van der Waals surface area contributed by atoms with Crippen LogP contribution in [0.4, 0.5) is 5.69 Å². The highest BCUT2D eigenvalue weighted by Crippen LogP contribution is 2.18. The maximum absolute atomic E-state index is 12.7. The van der Waals surface area contributed by atoms with Gasteiger partial charge in [-0.2, -0.15) is 0 Å². The molecule has 0 aliphatic heterocycles. The van der Waals surface area contributed by atoms with Crippen LogP contribution in [0.15, 0.2) is 109 Å². The second-order valence-corrected chi connectivity index (χ2v) is 8.39. The molecule has 0 bridgehead atoms. The summed E-state index contributed by atoms with van der Waals surface area (Å²) in [6.07, 6.45) is 0. The lowest BCUT2D eigenvalue weighted by molar-refractivity contribution is 0.0977. The van der Waals surface area contributed by atoms with Gasteiger partial charge in [-0.1, -0.05) is 48.5 Å². The van der Waals surface area contributed by atoms with Crippen LogP contribution in [0.5, 0.6) is 23.0 Å². The lowest BCUT2D eigenvalue weighted by Gasteiger charge is -2.12. The van der Waals surface area contributed by atoms with Gasteiger partial charge in [0.2, 0.25) is 0 Å². The van der Waals surface area contributed by atoms with Crippen LogP contribution in [0.3, 0.4) is 0 Å². The number of carbonyl (C=O) groups is 1. The molecule has 8 heteroatoms. The van der Waals surface area contributed by atoms with Crippen molar-refractivity contribution in [2.75, 3.05) is 31.7 Å². The Morgan fingerprint density at radius 1 is 0.579 bits per heavy atom. The van der Waals surface area contributed by atoms with Crippen molar-refractivity contribution < 1.29 is 23.7 Å². The summed E-state index contributed by atoms with van der Waals surface area (Å²) in [5.74, 6) is 2.44. The summed E-state index contributed by atoms with van der Waals surface area (Å²) in [6, 6.07) is 33.3. The predicted molar refractivity (Wildman–Crippen MR) is 151 cm³/mol. The smallest absolute Gasteiger partial charge is 0.257 e. The quantitative estimate of drug-likeness (QED) is 0.180. The Labute approximate surface area is 227 Å². The largest absolute Gasteiger partial charge is 0.490 e. The highest BCUT2D eigenvalue weighted by molar-refractivity contribution is 7.80. The Morgan fingerprint density at radius 3 is 1.63 bits per heavy atom. The van der Waals surface area contributed by atoms with Gasteiger partial charge in [-0.05, 0) is 66.8 Å². The van der Waals surface area contributed by atoms with E-state index in [2.05, 4.69) is 10.6 Å². The summed E-state index contributed by atoms with van der Waals surface area (Å²) in [6.45, 7) is 1.53. The number of nitrogens with one attached hydrogen (secondary N) is 2. The molecule has 0 fully saturated rings. The summed E-state index contributed by atoms with van der Waals surface area (Å²) in [7, 11) is 0. The number of amides is 1. The van der Waals surface area contributed by atoms with E-state index in [0.29, 0.717) is 49.2 Å². The van der Waals surface area contributed by atoms with Gasteiger partial charge in [0.15, 0.2) is 5.11 Å². The molecule has 1 amide bonds. The molecule has 4 rings (SSSR count). The van der Waals surface area contributed by atoms with Gasteiger partial charge in [-0.3, -0.25) is 10.1 Å². The molecule has 0 unspecified atom stereocenters. The van der Waals surface area contributed by atoms with Gasteiger partial charge in [-0.15, -0.1) is 0 Å². The maximum atomic E-state index is 12.7. The first-order valence-corrected chi connectivity index (χ1v) is 12.5. The highest BCUT2D eigenvalue weighted by atomic mass is 32.1. The van der Waals surface area contributed by atoms with Gasteiger partial charge in [0.1, 0.15) is 49.4 Å². The molecular weight excluding hydrogens is 500 g/mol. The van der Waals surface area contributed by atoms with E-state index < -0.39 is 0 Å². The normalized spacial score (nSPS) is 10.2. The number of anilines is 1. The third kappa shape index (κ3) is 8.83. The molecule has 0 aliphatic rings. The van der Waals surface area contributed by atoms with Crippen LogP contribution in [0, 0.1) is 0 Å². The monoisotopic (exact) mass is 528 g/mol. The summed E-state index contributed by atoms with van der Waals surface area (Å²) >= 11 is 5.33. The van der Waals surface area contributed by atoms with E-state index in [1.165, 1.54) is 0 Å². The van der Waals surface area contributed by atoms with Crippen LogP contribution in [0.2, 0.25) is 0 Å². The number of ether oxygens (including phenoxy) is 4. The SMILES string of the molecule is O=C(NC(=S)Nc1cccc(OCCOc2ccccc2)c1)c1cccc(OCCOc2ccccc2)c1. The molecule has 0 aromatic heterocycles. The van der Waals surface area contributed by atoms with Gasteiger partial charge in [0, 0.05) is 17.3 Å². The van der Waals surface area contributed by atoms with Gasteiger partial charge >= 0.3 is 0 Å². The Hall–Kier alpha value is -4.56. The van der Waals surface area contributed by atoms with E-state index in [4.69, 9.17) is 31.2 Å². The van der Waals surface area contributed by atoms with Crippen molar-refractivity contribution in [2.24, 2.45) is 0 Å². The number of benzene rings is 4. The zero-order valence-corrected chi connectivity index (χ0v) is 21.5. The van der Waals surface area contributed by atoms with Crippen molar-refractivity contribution in [3.05, 3.63) is 115 Å². The second-order valence-electron chi connectivity index (χ2n) is 7.98. The number of thiocarbonyl (C=S) groups is 1. The molecule has 0 saturated carbocycles. The van der Waals surface area contributed by atoms with Crippen LogP contribution in [-0.2, 0) is 0 Å². The predicted octanol–water partition coefficient (Wildman–Crippen LogP) is 5.73. The molecular formula is C30H28N2O5S. The van der Waals surface area contributed by atoms with Crippen molar-refractivity contribution in [1.29, 1.82) is 0 Å². The first kappa shape index (κ1) is 26.5. The van der Waals surface area contributed by atoms with Crippen LogP contribution in [-0.4, -0.2) is 37.4 Å².